The molecule has 48 heavy (non-hydrogen) atoms. The van der Waals surface area contributed by atoms with E-state index in [9.17, 15) is 24.3 Å². The van der Waals surface area contributed by atoms with Gasteiger partial charge in [0.1, 0.15) is 11.9 Å². The van der Waals surface area contributed by atoms with Gasteiger partial charge in [0.05, 0.1) is 17.4 Å². The maximum Gasteiger partial charge on any atom is 0.309 e. The minimum Gasteiger partial charge on any atom is -0.481 e. The van der Waals surface area contributed by atoms with E-state index in [2.05, 4.69) is 58.8 Å². The number of carbonyl (C=O) groups excluding carboxylic acids is 3. The van der Waals surface area contributed by atoms with Crippen molar-refractivity contribution in [1.82, 2.24) is 10.3 Å². The Hall–Kier alpha value is -2.55. The SMILES string of the molecule is CC(C)C1C(=O)C[C@]2(NC(=O)c3nccs3)CC[C@]3(C)C(=C12)CC[C@@H]1[C@@]2(C)CC[C@H](OC(=O)CC(C)(C)C(=O)O)C(C)(C)[C@@H]2CC[C@]13C. The van der Waals surface area contributed by atoms with Crippen LogP contribution in [0.25, 0.3) is 0 Å². The Morgan fingerprint density at radius 2 is 1.75 bits per heavy atom. The molecule has 4 saturated carbocycles. The monoisotopic (exact) mass is 680 g/mol. The first-order valence-corrected chi connectivity index (χ1v) is 19.0. The third-order valence-electron chi connectivity index (χ3n) is 14.7. The normalized spacial score (nSPS) is 38.8. The summed E-state index contributed by atoms with van der Waals surface area (Å²) in [4.78, 5) is 56.4. The zero-order chi connectivity index (χ0) is 35.2. The molecule has 0 radical (unpaired) electrons. The third kappa shape index (κ3) is 5.06. The van der Waals surface area contributed by atoms with Crippen LogP contribution in [0.2, 0.25) is 0 Å². The lowest BCUT2D eigenvalue weighted by Crippen LogP contribution is -2.65. The fraction of sp³-hybridized carbons (Fsp3) is 0.769. The molecule has 1 amide bonds. The van der Waals surface area contributed by atoms with Crippen LogP contribution in [0.15, 0.2) is 22.7 Å². The van der Waals surface area contributed by atoms with Crippen LogP contribution < -0.4 is 5.32 Å². The standard InChI is InChI=1S/C39H56N2O6S/c1-22(2)29-24(42)20-39(41-31(44)32-40-18-19-48-32)17-16-37(8)23(30(29)39)10-11-26-36(7)14-13-27(47-28(43)21-34(3,4)33(45)46)35(5,6)25(36)12-15-38(26,37)9/h18-19,22,25-27,29H,10-17,20-21H2,1-9H3,(H,41,44)(H,45,46)/t25-,26+,27-,29?,36-,37+,38+,39+/m0/s1. The molecule has 6 rings (SSSR count). The number of ketones is 1. The van der Waals surface area contributed by atoms with Crippen LogP contribution in [0.5, 0.6) is 0 Å². The number of ether oxygens (including phenoxy) is 1. The Balaban J connectivity index is 1.33. The molecule has 0 spiro atoms. The van der Waals surface area contributed by atoms with Crippen LogP contribution in [0.1, 0.15) is 136 Å². The largest absolute Gasteiger partial charge is 0.481 e. The number of esters is 1. The van der Waals surface area contributed by atoms with Crippen molar-refractivity contribution in [3.05, 3.63) is 27.7 Å². The highest BCUT2D eigenvalue weighted by Gasteiger charge is 2.69. The minimum atomic E-state index is -1.17. The van der Waals surface area contributed by atoms with E-state index in [4.69, 9.17) is 4.74 Å². The molecule has 5 aliphatic rings. The molecule has 1 aromatic rings. The van der Waals surface area contributed by atoms with Crippen molar-refractivity contribution in [2.75, 3.05) is 0 Å². The number of aliphatic carboxylic acids is 1. The van der Waals surface area contributed by atoms with Gasteiger partial charge in [-0.05, 0) is 105 Å². The maximum absolute atomic E-state index is 13.9. The van der Waals surface area contributed by atoms with Gasteiger partial charge < -0.3 is 15.2 Å². The van der Waals surface area contributed by atoms with Gasteiger partial charge in [0.2, 0.25) is 0 Å². The number of carboxylic acid groups (broad SMARTS) is 1. The van der Waals surface area contributed by atoms with Crippen molar-refractivity contribution < 1.29 is 29.0 Å². The summed E-state index contributed by atoms with van der Waals surface area (Å²) in [6.45, 7) is 19.4. The quantitative estimate of drug-likeness (QED) is 0.221. The smallest absolute Gasteiger partial charge is 0.309 e. The average molecular weight is 681 g/mol. The summed E-state index contributed by atoms with van der Waals surface area (Å²) in [5, 5.41) is 15.2. The molecule has 1 aromatic heterocycles. The summed E-state index contributed by atoms with van der Waals surface area (Å²) >= 11 is 1.34. The minimum absolute atomic E-state index is 0.0165. The molecule has 1 heterocycles. The van der Waals surface area contributed by atoms with E-state index < -0.39 is 22.9 Å². The van der Waals surface area contributed by atoms with Gasteiger partial charge in [0.25, 0.3) is 5.91 Å². The molecular formula is C39H56N2O6S. The molecule has 8 nitrogen and oxygen atoms in total. The van der Waals surface area contributed by atoms with Crippen LogP contribution in [-0.2, 0) is 19.1 Å². The van der Waals surface area contributed by atoms with E-state index in [1.807, 2.05) is 5.38 Å². The average Bonchev–Trinajstić information content (AvgIpc) is 3.61. The zero-order valence-corrected chi connectivity index (χ0v) is 31.3. The second-order valence-corrected chi connectivity index (χ2v) is 19.2. The van der Waals surface area contributed by atoms with Crippen molar-refractivity contribution in [2.24, 2.45) is 50.7 Å². The van der Waals surface area contributed by atoms with Crippen LogP contribution in [-0.4, -0.2) is 45.4 Å². The number of hydrogen-bond donors (Lipinski definition) is 2. The summed E-state index contributed by atoms with van der Waals surface area (Å²) in [5.41, 5.74) is 0.558. The lowest BCUT2D eigenvalue weighted by Gasteiger charge is -2.70. The number of fused-ring (bicyclic) bond motifs is 6. The highest BCUT2D eigenvalue weighted by atomic mass is 32.1. The molecule has 4 fully saturated rings. The lowest BCUT2D eigenvalue weighted by molar-refractivity contribution is -0.214. The topological polar surface area (TPSA) is 123 Å². The number of thiazole rings is 1. The van der Waals surface area contributed by atoms with Gasteiger partial charge in [-0.3, -0.25) is 19.2 Å². The molecule has 0 saturated heterocycles. The number of aromatic nitrogens is 1. The van der Waals surface area contributed by atoms with E-state index >= 15 is 0 Å². The number of amides is 1. The van der Waals surface area contributed by atoms with Crippen molar-refractivity contribution in [2.45, 2.75) is 138 Å². The van der Waals surface area contributed by atoms with Gasteiger partial charge in [-0.15, -0.1) is 11.3 Å². The zero-order valence-electron chi connectivity index (χ0n) is 30.5. The molecule has 0 bridgehead atoms. The van der Waals surface area contributed by atoms with Gasteiger partial charge in [-0.2, -0.15) is 0 Å². The number of rotatable bonds is 7. The van der Waals surface area contributed by atoms with Crippen molar-refractivity contribution in [1.29, 1.82) is 0 Å². The maximum atomic E-state index is 13.9. The van der Waals surface area contributed by atoms with Gasteiger partial charge in [0.15, 0.2) is 5.01 Å². The lowest BCUT2D eigenvalue weighted by atomic mass is 9.34. The van der Waals surface area contributed by atoms with Crippen LogP contribution in [0, 0.1) is 50.7 Å². The van der Waals surface area contributed by atoms with Crippen LogP contribution >= 0.6 is 11.3 Å². The van der Waals surface area contributed by atoms with Crippen molar-refractivity contribution in [3.8, 4) is 0 Å². The number of carbonyl (C=O) groups is 4. The molecule has 0 aliphatic heterocycles. The van der Waals surface area contributed by atoms with E-state index in [0.29, 0.717) is 23.3 Å². The van der Waals surface area contributed by atoms with E-state index in [-0.39, 0.29) is 57.7 Å². The molecule has 0 aromatic carbocycles. The second kappa shape index (κ2) is 11.5. The molecule has 5 aliphatic carbocycles. The highest BCUT2D eigenvalue weighted by Crippen LogP contribution is 2.75. The van der Waals surface area contributed by atoms with E-state index in [0.717, 1.165) is 51.4 Å². The second-order valence-electron chi connectivity index (χ2n) is 18.3. The summed E-state index contributed by atoms with van der Waals surface area (Å²) in [6.07, 6.45) is 9.11. The van der Waals surface area contributed by atoms with Crippen LogP contribution in [0.3, 0.4) is 0 Å². The molecule has 1 unspecified atom stereocenters. The van der Waals surface area contributed by atoms with Crippen LogP contribution in [0.4, 0.5) is 0 Å². The first-order chi connectivity index (χ1) is 22.2. The number of nitrogens with zero attached hydrogens (tertiary/aromatic N) is 1. The highest BCUT2D eigenvalue weighted by molar-refractivity contribution is 7.11. The Kier molecular flexibility index (Phi) is 8.45. The molecule has 264 valence electrons. The first-order valence-electron chi connectivity index (χ1n) is 18.2. The summed E-state index contributed by atoms with van der Waals surface area (Å²) in [7, 11) is 0. The predicted octanol–water partition coefficient (Wildman–Crippen LogP) is 8.02. The first kappa shape index (κ1) is 35.3. The van der Waals surface area contributed by atoms with Crippen molar-refractivity contribution in [3.63, 3.8) is 0 Å². The van der Waals surface area contributed by atoms with Gasteiger partial charge in [-0.25, -0.2) is 4.98 Å². The van der Waals surface area contributed by atoms with Gasteiger partial charge in [-0.1, -0.05) is 54.0 Å². The Morgan fingerprint density at radius 1 is 1.04 bits per heavy atom. The number of hydrogen-bond acceptors (Lipinski definition) is 7. The van der Waals surface area contributed by atoms with E-state index in [1.165, 1.54) is 22.5 Å². The number of Topliss-reactive ketones (excluding diaryl/α,β-unsaturated/α-hetero) is 1. The fourth-order valence-electron chi connectivity index (χ4n) is 12.1. The molecule has 2 N–H and O–H groups in total. The van der Waals surface area contributed by atoms with Crippen molar-refractivity contribution >= 4 is 35.0 Å². The number of nitrogens with one attached hydrogen (secondary N) is 1. The molecule has 8 atom stereocenters. The van der Waals surface area contributed by atoms with Gasteiger partial charge in [0, 0.05) is 29.3 Å². The Labute approximate surface area is 290 Å². The predicted molar refractivity (Wildman–Crippen MR) is 185 cm³/mol. The molecular weight excluding hydrogens is 625 g/mol. The number of allylic oxidation sites excluding steroid dienone is 1. The summed E-state index contributed by atoms with van der Waals surface area (Å²) < 4.78 is 6.13. The Morgan fingerprint density at radius 3 is 2.38 bits per heavy atom. The molecule has 9 heteroatoms. The fourth-order valence-corrected chi connectivity index (χ4v) is 12.6. The van der Waals surface area contributed by atoms with E-state index in [1.54, 1.807) is 20.0 Å². The summed E-state index contributed by atoms with van der Waals surface area (Å²) in [6, 6.07) is 0. The number of carboxylic acids is 1. The Bertz CT molecular complexity index is 1540. The van der Waals surface area contributed by atoms with Gasteiger partial charge >= 0.3 is 11.9 Å². The third-order valence-corrected chi connectivity index (χ3v) is 15.5. The summed E-state index contributed by atoms with van der Waals surface area (Å²) in [5.74, 6) is -0.556.